The molecule has 0 fully saturated rings. The van der Waals surface area contributed by atoms with Crippen LogP contribution in [0.3, 0.4) is 0 Å². The normalized spacial score (nSPS) is 13.6. The Morgan fingerprint density at radius 3 is 2.33 bits per heavy atom. The van der Waals surface area contributed by atoms with Crippen LogP contribution in [0.1, 0.15) is 38.8 Å². The van der Waals surface area contributed by atoms with Crippen LogP contribution in [0.5, 0.6) is 0 Å². The lowest BCUT2D eigenvalue weighted by atomic mass is 10.0. The number of hydrogen-bond acceptors (Lipinski definition) is 3. The molecule has 2 unspecified atom stereocenters. The molecule has 0 bridgehead atoms. The Bertz CT molecular complexity index is 460. The Hall–Kier alpha value is -1.88. The molecule has 0 aliphatic carbocycles. The van der Waals surface area contributed by atoms with Crippen LogP contribution in [0, 0.1) is 5.92 Å². The lowest BCUT2D eigenvalue weighted by Gasteiger charge is -2.19. The van der Waals surface area contributed by atoms with Crippen molar-refractivity contribution < 1.29 is 14.7 Å². The second-order valence-electron chi connectivity index (χ2n) is 5.48. The van der Waals surface area contributed by atoms with Crippen molar-refractivity contribution in [2.45, 2.75) is 39.3 Å². The van der Waals surface area contributed by atoms with Crippen molar-refractivity contribution in [2.24, 2.45) is 5.92 Å². The molecule has 1 rings (SSSR count). The molecule has 116 valence electrons. The number of nitrogens with one attached hydrogen (secondary N) is 2. The molecule has 1 aromatic carbocycles. The average Bonchev–Trinajstić information content (AvgIpc) is 2.44. The smallest absolute Gasteiger partial charge is 0.222 e. The van der Waals surface area contributed by atoms with E-state index in [1.165, 1.54) is 6.92 Å². The van der Waals surface area contributed by atoms with Crippen LogP contribution < -0.4 is 10.6 Å². The van der Waals surface area contributed by atoms with Crippen molar-refractivity contribution >= 4 is 11.8 Å². The summed E-state index contributed by atoms with van der Waals surface area (Å²) in [6.07, 6.45) is -0.418. The van der Waals surface area contributed by atoms with E-state index in [4.69, 9.17) is 0 Å². The predicted molar refractivity (Wildman–Crippen MR) is 81.5 cm³/mol. The van der Waals surface area contributed by atoms with Gasteiger partial charge in [0.1, 0.15) is 0 Å². The fraction of sp³-hybridized carbons (Fsp3) is 0.500. The summed E-state index contributed by atoms with van der Waals surface area (Å²) >= 11 is 0. The summed E-state index contributed by atoms with van der Waals surface area (Å²) in [4.78, 5) is 23.2. The maximum atomic E-state index is 12.0. The monoisotopic (exact) mass is 292 g/mol. The Balaban J connectivity index is 2.61. The first-order chi connectivity index (χ1) is 9.90. The van der Waals surface area contributed by atoms with Gasteiger partial charge in [0.05, 0.1) is 18.6 Å². The number of amides is 2. The molecule has 5 nitrogen and oxygen atoms in total. The second kappa shape index (κ2) is 8.42. The zero-order valence-corrected chi connectivity index (χ0v) is 12.8. The highest BCUT2D eigenvalue weighted by atomic mass is 16.3. The lowest BCUT2D eigenvalue weighted by Crippen LogP contribution is -2.37. The molecule has 0 spiro atoms. The van der Waals surface area contributed by atoms with Gasteiger partial charge in [-0.2, -0.15) is 0 Å². The van der Waals surface area contributed by atoms with E-state index in [9.17, 15) is 14.7 Å². The largest absolute Gasteiger partial charge is 0.391 e. The highest BCUT2D eigenvalue weighted by Gasteiger charge is 2.18. The van der Waals surface area contributed by atoms with Crippen molar-refractivity contribution in [3.8, 4) is 0 Å². The molecule has 5 heteroatoms. The highest BCUT2D eigenvalue weighted by molar-refractivity contribution is 5.79. The summed E-state index contributed by atoms with van der Waals surface area (Å²) in [7, 11) is 0. The Labute approximate surface area is 125 Å². The molecule has 0 aromatic heterocycles. The van der Waals surface area contributed by atoms with E-state index in [1.54, 1.807) is 0 Å². The van der Waals surface area contributed by atoms with Gasteiger partial charge in [0, 0.05) is 13.5 Å². The Kier molecular flexibility index (Phi) is 6.88. The summed E-state index contributed by atoms with van der Waals surface area (Å²) in [5.41, 5.74) is 0.882. The van der Waals surface area contributed by atoms with Crippen molar-refractivity contribution in [3.05, 3.63) is 35.9 Å². The van der Waals surface area contributed by atoms with Gasteiger partial charge in [-0.05, 0) is 11.5 Å². The Morgan fingerprint density at radius 1 is 1.19 bits per heavy atom. The fourth-order valence-corrected chi connectivity index (χ4v) is 1.89. The Morgan fingerprint density at radius 2 is 1.81 bits per heavy atom. The number of hydrogen-bond donors (Lipinski definition) is 3. The third-order valence-corrected chi connectivity index (χ3v) is 3.25. The molecule has 2 amide bonds. The summed E-state index contributed by atoms with van der Waals surface area (Å²) in [6.45, 7) is 5.43. The minimum atomic E-state index is -0.565. The first kappa shape index (κ1) is 17.2. The van der Waals surface area contributed by atoms with E-state index in [0.29, 0.717) is 0 Å². The first-order valence-corrected chi connectivity index (χ1v) is 7.17. The number of aliphatic hydroxyl groups excluding tert-OH is 1. The van der Waals surface area contributed by atoms with E-state index >= 15 is 0 Å². The van der Waals surface area contributed by atoms with Gasteiger partial charge < -0.3 is 15.7 Å². The van der Waals surface area contributed by atoms with Crippen LogP contribution in [-0.4, -0.2) is 29.6 Å². The molecule has 0 heterocycles. The van der Waals surface area contributed by atoms with Crippen LogP contribution in [0.2, 0.25) is 0 Å². The molecular formula is C16H24N2O3. The van der Waals surface area contributed by atoms with Gasteiger partial charge in [0.2, 0.25) is 11.8 Å². The van der Waals surface area contributed by atoms with Crippen molar-refractivity contribution in [3.63, 3.8) is 0 Å². The summed E-state index contributed by atoms with van der Waals surface area (Å²) in [5.74, 6) is -0.290. The van der Waals surface area contributed by atoms with E-state index < -0.39 is 6.10 Å². The number of aliphatic hydroxyl groups is 1. The fourth-order valence-electron chi connectivity index (χ4n) is 1.89. The molecule has 3 N–H and O–H groups in total. The van der Waals surface area contributed by atoms with Gasteiger partial charge in [-0.3, -0.25) is 9.59 Å². The number of benzene rings is 1. The van der Waals surface area contributed by atoms with Gasteiger partial charge in [-0.1, -0.05) is 44.2 Å². The summed E-state index contributed by atoms with van der Waals surface area (Å²) in [6, 6.07) is 9.00. The van der Waals surface area contributed by atoms with Crippen LogP contribution in [0.25, 0.3) is 0 Å². The number of rotatable bonds is 7. The topological polar surface area (TPSA) is 78.4 Å². The average molecular weight is 292 g/mol. The SMILES string of the molecule is CC(=O)NC(CC(=O)NCC(O)C(C)C)c1ccccc1. The molecule has 0 radical (unpaired) electrons. The van der Waals surface area contributed by atoms with Gasteiger partial charge in [-0.15, -0.1) is 0 Å². The van der Waals surface area contributed by atoms with Gasteiger partial charge >= 0.3 is 0 Å². The van der Waals surface area contributed by atoms with Gasteiger partial charge in [-0.25, -0.2) is 0 Å². The predicted octanol–water partition coefficient (Wildman–Crippen LogP) is 1.39. The second-order valence-corrected chi connectivity index (χ2v) is 5.48. The zero-order valence-electron chi connectivity index (χ0n) is 12.8. The van der Waals surface area contributed by atoms with Crippen LogP contribution >= 0.6 is 0 Å². The lowest BCUT2D eigenvalue weighted by molar-refractivity contribution is -0.123. The maximum absolute atomic E-state index is 12.0. The van der Waals surface area contributed by atoms with E-state index in [1.807, 2.05) is 44.2 Å². The third kappa shape index (κ3) is 6.40. The molecule has 0 aliphatic heterocycles. The van der Waals surface area contributed by atoms with E-state index in [2.05, 4.69) is 10.6 Å². The molecule has 0 saturated carbocycles. The van der Waals surface area contributed by atoms with Crippen molar-refractivity contribution in [1.29, 1.82) is 0 Å². The van der Waals surface area contributed by atoms with Crippen molar-refractivity contribution in [1.82, 2.24) is 10.6 Å². The highest BCUT2D eigenvalue weighted by Crippen LogP contribution is 2.16. The van der Waals surface area contributed by atoms with Crippen molar-refractivity contribution in [2.75, 3.05) is 6.54 Å². The van der Waals surface area contributed by atoms with Gasteiger partial charge in [0.15, 0.2) is 0 Å². The maximum Gasteiger partial charge on any atom is 0.222 e. The van der Waals surface area contributed by atoms with Crippen LogP contribution in [-0.2, 0) is 9.59 Å². The zero-order chi connectivity index (χ0) is 15.8. The molecule has 1 aromatic rings. The standard InChI is InChI=1S/C16H24N2O3/c1-11(2)15(20)10-17-16(21)9-14(18-12(3)19)13-7-5-4-6-8-13/h4-8,11,14-15,20H,9-10H2,1-3H3,(H,17,21)(H,18,19). The summed E-state index contributed by atoms with van der Waals surface area (Å²) in [5, 5.41) is 15.2. The summed E-state index contributed by atoms with van der Waals surface area (Å²) < 4.78 is 0. The molecule has 2 atom stereocenters. The molecule has 0 saturated heterocycles. The molecule has 0 aliphatic rings. The quantitative estimate of drug-likeness (QED) is 0.710. The van der Waals surface area contributed by atoms with E-state index in [0.717, 1.165) is 5.56 Å². The van der Waals surface area contributed by atoms with E-state index in [-0.39, 0.29) is 36.7 Å². The number of carbonyl (C=O) groups excluding carboxylic acids is 2. The van der Waals surface area contributed by atoms with Crippen LogP contribution in [0.4, 0.5) is 0 Å². The minimum absolute atomic E-state index is 0.0885. The third-order valence-electron chi connectivity index (χ3n) is 3.25. The minimum Gasteiger partial charge on any atom is -0.391 e. The molecule has 21 heavy (non-hydrogen) atoms. The van der Waals surface area contributed by atoms with Crippen LogP contribution in [0.15, 0.2) is 30.3 Å². The number of carbonyl (C=O) groups is 2. The molecular weight excluding hydrogens is 268 g/mol. The van der Waals surface area contributed by atoms with Gasteiger partial charge in [0.25, 0.3) is 0 Å². The first-order valence-electron chi connectivity index (χ1n) is 7.17.